The molecule has 0 aliphatic heterocycles. The van der Waals surface area contributed by atoms with Crippen molar-refractivity contribution in [1.82, 2.24) is 9.55 Å². The molecule has 2 rings (SSSR count). The lowest BCUT2D eigenvalue weighted by Crippen LogP contribution is -1.97. The van der Waals surface area contributed by atoms with Crippen LogP contribution in [0.3, 0.4) is 0 Å². The second-order valence-electron chi connectivity index (χ2n) is 3.30. The molecule has 0 saturated heterocycles. The molecule has 4 heteroatoms. The number of nitrogens with zero attached hydrogens (tertiary/aromatic N) is 3. The van der Waals surface area contributed by atoms with E-state index in [0.29, 0.717) is 12.4 Å². The number of benzene rings is 1. The fourth-order valence-electron chi connectivity index (χ4n) is 1.31. The van der Waals surface area contributed by atoms with Gasteiger partial charge in [0.1, 0.15) is 11.9 Å². The third-order valence-corrected chi connectivity index (χ3v) is 2.14. The van der Waals surface area contributed by atoms with Gasteiger partial charge >= 0.3 is 0 Å². The molecule has 0 spiro atoms. The van der Waals surface area contributed by atoms with Crippen LogP contribution in [-0.4, -0.2) is 9.55 Å². The summed E-state index contributed by atoms with van der Waals surface area (Å²) >= 11 is 0. The van der Waals surface area contributed by atoms with Crippen LogP contribution in [0.4, 0.5) is 4.39 Å². The van der Waals surface area contributed by atoms with Gasteiger partial charge in [-0.3, -0.25) is 0 Å². The molecule has 0 atom stereocenters. The van der Waals surface area contributed by atoms with E-state index >= 15 is 0 Å². The summed E-state index contributed by atoms with van der Waals surface area (Å²) in [4.78, 5) is 3.86. The van der Waals surface area contributed by atoms with Gasteiger partial charge in [-0.05, 0) is 24.3 Å². The smallest absolute Gasteiger partial charge is 0.213 e. The summed E-state index contributed by atoms with van der Waals surface area (Å²) in [6.45, 7) is 0.389. The van der Waals surface area contributed by atoms with Crippen LogP contribution < -0.4 is 0 Å². The van der Waals surface area contributed by atoms with Crippen LogP contribution in [0.2, 0.25) is 0 Å². The summed E-state index contributed by atoms with van der Waals surface area (Å²) in [5.41, 5.74) is 0.741. The van der Waals surface area contributed by atoms with Crippen molar-refractivity contribution < 1.29 is 4.39 Å². The molecule has 0 aliphatic carbocycles. The summed E-state index contributed by atoms with van der Waals surface area (Å²) in [6, 6.07) is 7.92. The maximum Gasteiger partial charge on any atom is 0.213 e. The summed E-state index contributed by atoms with van der Waals surface area (Å²) in [5, 5.41) is 8.73. The monoisotopic (exact) mass is 225 g/mol. The number of aromatic nitrogens is 2. The quantitative estimate of drug-likeness (QED) is 0.696. The Hall–Kier alpha value is -2.59. The minimum atomic E-state index is -0.281. The van der Waals surface area contributed by atoms with Crippen molar-refractivity contribution in [2.45, 2.75) is 6.54 Å². The minimum absolute atomic E-state index is 0.281. The lowest BCUT2D eigenvalue weighted by atomic mass is 10.2. The molecule has 17 heavy (non-hydrogen) atoms. The first kappa shape index (κ1) is 10.9. The van der Waals surface area contributed by atoms with E-state index in [4.69, 9.17) is 5.26 Å². The molecule has 0 unspecified atom stereocenters. The highest BCUT2D eigenvalue weighted by Gasteiger charge is 1.97. The Morgan fingerprint density at radius 2 is 2.06 bits per heavy atom. The molecule has 1 heterocycles. The fraction of sp³-hybridized carbons (Fsp3) is 0.0769. The normalized spacial score (nSPS) is 9.18. The number of hydrogen-bond donors (Lipinski definition) is 0. The summed E-state index contributed by atoms with van der Waals surface area (Å²) in [5.74, 6) is 5.84. The highest BCUT2D eigenvalue weighted by atomic mass is 19.1. The Kier molecular flexibility index (Phi) is 3.18. The first-order valence-corrected chi connectivity index (χ1v) is 4.95. The number of rotatable bonds is 1. The number of halogens is 1. The van der Waals surface area contributed by atoms with Gasteiger partial charge in [0.05, 0.1) is 6.54 Å². The van der Waals surface area contributed by atoms with E-state index in [1.165, 1.54) is 12.1 Å². The van der Waals surface area contributed by atoms with Crippen LogP contribution >= 0.6 is 0 Å². The molecule has 0 radical (unpaired) electrons. The Balaban J connectivity index is 2.09. The number of hydrogen-bond acceptors (Lipinski definition) is 2. The molecule has 0 aliphatic rings. The first-order valence-electron chi connectivity index (χ1n) is 4.95. The van der Waals surface area contributed by atoms with Crippen molar-refractivity contribution in [2.75, 3.05) is 0 Å². The van der Waals surface area contributed by atoms with Gasteiger partial charge in [-0.25, -0.2) is 9.37 Å². The van der Waals surface area contributed by atoms with Gasteiger partial charge in [-0.15, -0.1) is 0 Å². The van der Waals surface area contributed by atoms with Crippen LogP contribution in [0.25, 0.3) is 0 Å². The van der Waals surface area contributed by atoms with Crippen molar-refractivity contribution in [3.05, 3.63) is 53.9 Å². The van der Waals surface area contributed by atoms with Crippen LogP contribution in [0.5, 0.6) is 0 Å². The number of nitriles is 1. The Bertz CT molecular complexity index is 609. The second-order valence-corrected chi connectivity index (χ2v) is 3.30. The Morgan fingerprint density at radius 1 is 1.29 bits per heavy atom. The van der Waals surface area contributed by atoms with Crippen molar-refractivity contribution >= 4 is 0 Å². The predicted molar refractivity (Wildman–Crippen MR) is 60.2 cm³/mol. The van der Waals surface area contributed by atoms with Gasteiger partial charge in [0.2, 0.25) is 5.82 Å². The maximum atomic E-state index is 12.6. The zero-order valence-electron chi connectivity index (χ0n) is 8.89. The van der Waals surface area contributed by atoms with Gasteiger partial charge in [0, 0.05) is 18.0 Å². The largest absolute Gasteiger partial charge is 0.311 e. The van der Waals surface area contributed by atoms with Crippen molar-refractivity contribution in [2.24, 2.45) is 0 Å². The van der Waals surface area contributed by atoms with E-state index in [1.54, 1.807) is 29.1 Å². The van der Waals surface area contributed by atoms with Crippen LogP contribution in [-0.2, 0) is 6.54 Å². The fourth-order valence-corrected chi connectivity index (χ4v) is 1.31. The highest BCUT2D eigenvalue weighted by molar-refractivity contribution is 5.34. The summed E-state index contributed by atoms with van der Waals surface area (Å²) < 4.78 is 14.3. The third-order valence-electron chi connectivity index (χ3n) is 2.14. The molecule has 0 saturated carbocycles. The first-order chi connectivity index (χ1) is 8.29. The molecule has 2 aromatic rings. The van der Waals surface area contributed by atoms with Crippen LogP contribution in [0.1, 0.15) is 11.4 Å². The van der Waals surface area contributed by atoms with E-state index in [2.05, 4.69) is 16.8 Å². The van der Waals surface area contributed by atoms with Gasteiger partial charge < -0.3 is 4.57 Å². The molecule has 0 fully saturated rings. The van der Waals surface area contributed by atoms with Crippen molar-refractivity contribution in [3.63, 3.8) is 0 Å². The maximum absolute atomic E-state index is 12.6. The topological polar surface area (TPSA) is 41.6 Å². The molecule has 0 bridgehead atoms. The Labute approximate surface area is 98.1 Å². The molecular weight excluding hydrogens is 217 g/mol. The molecule has 82 valence electrons. The second kappa shape index (κ2) is 4.96. The zero-order chi connectivity index (χ0) is 12.1. The lowest BCUT2D eigenvalue weighted by Gasteiger charge is -1.94. The zero-order valence-corrected chi connectivity index (χ0v) is 8.89. The van der Waals surface area contributed by atoms with E-state index in [0.717, 1.165) is 5.56 Å². The summed E-state index contributed by atoms with van der Waals surface area (Å²) in [7, 11) is 0. The van der Waals surface area contributed by atoms with Gasteiger partial charge in [0.15, 0.2) is 0 Å². The predicted octanol–water partition coefficient (Wildman–Crippen LogP) is 1.95. The standard InChI is InChI=1S/C13H8FN3/c14-12-5-3-11(4-6-12)2-1-8-17-9-7-16-13(17)10-15/h3-7,9H,8H2. The van der Waals surface area contributed by atoms with Gasteiger partial charge in [-0.1, -0.05) is 11.8 Å². The summed E-state index contributed by atoms with van der Waals surface area (Å²) in [6.07, 6.45) is 3.25. The number of imidazole rings is 1. The van der Waals surface area contributed by atoms with E-state index in [9.17, 15) is 4.39 Å². The lowest BCUT2D eigenvalue weighted by molar-refractivity contribution is 0.627. The molecule has 1 aromatic carbocycles. The average molecular weight is 225 g/mol. The van der Waals surface area contributed by atoms with E-state index in [1.807, 2.05) is 6.07 Å². The van der Waals surface area contributed by atoms with Crippen molar-refractivity contribution in [1.29, 1.82) is 5.26 Å². The molecule has 0 N–H and O–H groups in total. The highest BCUT2D eigenvalue weighted by Crippen LogP contribution is 2.00. The van der Waals surface area contributed by atoms with E-state index in [-0.39, 0.29) is 5.82 Å². The van der Waals surface area contributed by atoms with Crippen LogP contribution in [0.15, 0.2) is 36.7 Å². The van der Waals surface area contributed by atoms with E-state index < -0.39 is 0 Å². The average Bonchev–Trinajstić information content (AvgIpc) is 2.79. The van der Waals surface area contributed by atoms with Gasteiger partial charge in [0.25, 0.3) is 0 Å². The molecule has 3 nitrogen and oxygen atoms in total. The van der Waals surface area contributed by atoms with Crippen molar-refractivity contribution in [3.8, 4) is 17.9 Å². The molecular formula is C13H8FN3. The minimum Gasteiger partial charge on any atom is -0.311 e. The SMILES string of the molecule is N#Cc1nccn1CC#Cc1ccc(F)cc1. The van der Waals surface area contributed by atoms with Gasteiger partial charge in [-0.2, -0.15) is 5.26 Å². The van der Waals surface area contributed by atoms with Crippen LogP contribution in [0, 0.1) is 29.0 Å². The molecule has 0 amide bonds. The third kappa shape index (κ3) is 2.70. The molecule has 1 aromatic heterocycles. The Morgan fingerprint density at radius 3 is 2.76 bits per heavy atom.